The number of hydrogen-bond donors (Lipinski definition) is 2. The summed E-state index contributed by atoms with van der Waals surface area (Å²) >= 11 is 5.98. The molecule has 0 fully saturated rings. The molecule has 2 heterocycles. The maximum Gasteiger partial charge on any atom is 0.353 e. The van der Waals surface area contributed by atoms with E-state index in [0.29, 0.717) is 21.9 Å². The van der Waals surface area contributed by atoms with Crippen molar-refractivity contribution < 1.29 is 4.92 Å². The number of nitro groups is 1. The van der Waals surface area contributed by atoms with Gasteiger partial charge in [0.15, 0.2) is 0 Å². The van der Waals surface area contributed by atoms with Crippen molar-refractivity contribution in [3.05, 3.63) is 82.3 Å². The number of anilines is 4. The van der Waals surface area contributed by atoms with Crippen molar-refractivity contribution in [1.29, 1.82) is 0 Å². The summed E-state index contributed by atoms with van der Waals surface area (Å²) in [6.45, 7) is 0. The monoisotopic (exact) mass is 392 g/mol. The number of aromatic nitrogens is 3. The van der Waals surface area contributed by atoms with Crippen LogP contribution >= 0.6 is 11.6 Å². The van der Waals surface area contributed by atoms with Gasteiger partial charge in [0, 0.05) is 22.3 Å². The number of fused-ring (bicyclic) bond motifs is 1. The highest BCUT2D eigenvalue weighted by Crippen LogP contribution is 2.34. The smallest absolute Gasteiger partial charge is 0.334 e. The molecule has 0 saturated heterocycles. The Labute approximate surface area is 164 Å². The molecular formula is C19H13ClN6O2. The van der Waals surface area contributed by atoms with E-state index in [9.17, 15) is 10.1 Å². The summed E-state index contributed by atoms with van der Waals surface area (Å²) < 4.78 is 0. The first-order valence-electron chi connectivity index (χ1n) is 8.24. The second kappa shape index (κ2) is 7.45. The number of rotatable bonds is 5. The Kier molecular flexibility index (Phi) is 4.69. The van der Waals surface area contributed by atoms with Crippen molar-refractivity contribution in [2.45, 2.75) is 0 Å². The highest BCUT2D eigenvalue weighted by molar-refractivity contribution is 6.30. The van der Waals surface area contributed by atoms with Crippen LogP contribution in [0, 0.1) is 10.1 Å². The van der Waals surface area contributed by atoms with E-state index >= 15 is 0 Å². The molecule has 9 heteroatoms. The summed E-state index contributed by atoms with van der Waals surface area (Å²) in [7, 11) is 0. The molecule has 0 aliphatic heterocycles. The fourth-order valence-corrected chi connectivity index (χ4v) is 2.96. The normalized spacial score (nSPS) is 10.6. The van der Waals surface area contributed by atoms with Gasteiger partial charge in [-0.25, -0.2) is 9.97 Å². The molecular weight excluding hydrogens is 380 g/mol. The summed E-state index contributed by atoms with van der Waals surface area (Å²) in [5, 5.41) is 19.1. The molecule has 0 spiro atoms. The minimum Gasteiger partial charge on any atom is -0.334 e. The van der Waals surface area contributed by atoms with E-state index in [1.54, 1.807) is 36.5 Å². The third kappa shape index (κ3) is 3.53. The van der Waals surface area contributed by atoms with Crippen molar-refractivity contribution >= 4 is 51.2 Å². The Balaban J connectivity index is 1.76. The Bertz CT molecular complexity index is 1180. The van der Waals surface area contributed by atoms with Gasteiger partial charge in [0.05, 0.1) is 16.1 Å². The second-order valence-corrected chi connectivity index (χ2v) is 6.25. The first-order valence-corrected chi connectivity index (χ1v) is 8.62. The van der Waals surface area contributed by atoms with E-state index in [0.717, 1.165) is 5.39 Å². The molecule has 138 valence electrons. The fourth-order valence-electron chi connectivity index (χ4n) is 2.77. The summed E-state index contributed by atoms with van der Waals surface area (Å²) in [5.74, 6) is 0.112. The van der Waals surface area contributed by atoms with Crippen LogP contribution in [0.15, 0.2) is 67.1 Å². The zero-order valence-electron chi connectivity index (χ0n) is 14.3. The van der Waals surface area contributed by atoms with Gasteiger partial charge in [0.1, 0.15) is 6.33 Å². The third-order valence-corrected chi connectivity index (χ3v) is 4.21. The molecule has 0 unspecified atom stereocenters. The lowest BCUT2D eigenvalue weighted by atomic mass is 10.2. The highest BCUT2D eigenvalue weighted by atomic mass is 35.5. The number of benzene rings is 2. The molecule has 4 aromatic rings. The average Bonchev–Trinajstić information content (AvgIpc) is 2.68. The number of hydrogen-bond acceptors (Lipinski definition) is 7. The van der Waals surface area contributed by atoms with Crippen LogP contribution in [0.4, 0.5) is 28.7 Å². The van der Waals surface area contributed by atoms with Crippen LogP contribution in [0.25, 0.3) is 10.9 Å². The van der Waals surface area contributed by atoms with Gasteiger partial charge >= 0.3 is 5.69 Å². The largest absolute Gasteiger partial charge is 0.353 e. The van der Waals surface area contributed by atoms with Crippen molar-refractivity contribution in [3.8, 4) is 0 Å². The molecule has 0 aliphatic carbocycles. The Morgan fingerprint density at radius 3 is 2.46 bits per heavy atom. The molecule has 28 heavy (non-hydrogen) atoms. The molecule has 0 radical (unpaired) electrons. The zero-order chi connectivity index (χ0) is 19.5. The maximum absolute atomic E-state index is 11.8. The third-order valence-electron chi connectivity index (χ3n) is 3.98. The quantitative estimate of drug-likeness (QED) is 0.360. The number of nitrogens with one attached hydrogen (secondary N) is 2. The van der Waals surface area contributed by atoms with Crippen LogP contribution in [0.1, 0.15) is 0 Å². The van der Waals surface area contributed by atoms with Gasteiger partial charge in [-0.05, 0) is 30.3 Å². The molecule has 2 aromatic carbocycles. The fraction of sp³-hybridized carbons (Fsp3) is 0. The molecule has 0 amide bonds. The van der Waals surface area contributed by atoms with Crippen molar-refractivity contribution in [3.63, 3.8) is 0 Å². The van der Waals surface area contributed by atoms with E-state index in [1.807, 2.05) is 24.3 Å². The number of para-hydroxylation sites is 1. The highest BCUT2D eigenvalue weighted by Gasteiger charge is 2.24. The van der Waals surface area contributed by atoms with Gasteiger partial charge in [-0.2, -0.15) is 0 Å². The van der Waals surface area contributed by atoms with Crippen LogP contribution in [0.2, 0.25) is 5.02 Å². The molecule has 4 rings (SSSR count). The van der Waals surface area contributed by atoms with Crippen LogP contribution in [-0.2, 0) is 0 Å². The minimum atomic E-state index is -0.534. The Hall–Kier alpha value is -3.78. The van der Waals surface area contributed by atoms with Gasteiger partial charge in [0.25, 0.3) is 0 Å². The standard InChI is InChI=1S/C19H13ClN6O2/c20-13-6-2-7-14(10-13)24-18-17(26(27)28)19(23-11-22-18)25-15-8-1-4-12-5-3-9-21-16(12)15/h1-11H,(H2,22,23,24,25). The van der Waals surface area contributed by atoms with Crippen molar-refractivity contribution in [2.24, 2.45) is 0 Å². The van der Waals surface area contributed by atoms with E-state index in [2.05, 4.69) is 25.6 Å². The summed E-state index contributed by atoms with van der Waals surface area (Å²) in [6, 6.07) is 16.1. The van der Waals surface area contributed by atoms with Gasteiger partial charge < -0.3 is 10.6 Å². The molecule has 2 aromatic heterocycles. The predicted molar refractivity (Wildman–Crippen MR) is 108 cm³/mol. The van der Waals surface area contributed by atoms with Crippen LogP contribution in [-0.4, -0.2) is 19.9 Å². The lowest BCUT2D eigenvalue weighted by Gasteiger charge is -2.11. The Morgan fingerprint density at radius 1 is 0.929 bits per heavy atom. The average molecular weight is 393 g/mol. The van der Waals surface area contributed by atoms with E-state index in [1.165, 1.54) is 6.33 Å². The minimum absolute atomic E-state index is 0.0537. The van der Waals surface area contributed by atoms with Crippen LogP contribution in [0.5, 0.6) is 0 Å². The summed E-state index contributed by atoms with van der Waals surface area (Å²) in [4.78, 5) is 23.7. The molecule has 8 nitrogen and oxygen atoms in total. The van der Waals surface area contributed by atoms with E-state index in [4.69, 9.17) is 11.6 Å². The zero-order valence-corrected chi connectivity index (χ0v) is 15.1. The van der Waals surface area contributed by atoms with Crippen molar-refractivity contribution in [1.82, 2.24) is 15.0 Å². The number of halogens is 1. The molecule has 0 aliphatic rings. The van der Waals surface area contributed by atoms with Crippen molar-refractivity contribution in [2.75, 3.05) is 10.6 Å². The van der Waals surface area contributed by atoms with Crippen LogP contribution < -0.4 is 10.6 Å². The predicted octanol–water partition coefficient (Wildman–Crippen LogP) is 5.07. The maximum atomic E-state index is 11.8. The number of nitrogens with zero attached hydrogens (tertiary/aromatic N) is 4. The topological polar surface area (TPSA) is 106 Å². The number of pyridine rings is 1. The molecule has 2 N–H and O–H groups in total. The molecule has 0 atom stereocenters. The molecule has 0 bridgehead atoms. The second-order valence-electron chi connectivity index (χ2n) is 5.82. The Morgan fingerprint density at radius 2 is 1.68 bits per heavy atom. The van der Waals surface area contributed by atoms with Gasteiger partial charge in [-0.3, -0.25) is 15.1 Å². The first kappa shape index (κ1) is 17.6. The van der Waals surface area contributed by atoms with E-state index < -0.39 is 4.92 Å². The van der Waals surface area contributed by atoms with E-state index in [-0.39, 0.29) is 17.3 Å². The first-order chi connectivity index (χ1) is 13.6. The van der Waals surface area contributed by atoms with Gasteiger partial charge in [0.2, 0.25) is 11.6 Å². The lowest BCUT2D eigenvalue weighted by Crippen LogP contribution is -2.06. The summed E-state index contributed by atoms with van der Waals surface area (Å²) in [5.41, 5.74) is 1.58. The lowest BCUT2D eigenvalue weighted by molar-refractivity contribution is -0.383. The van der Waals surface area contributed by atoms with Gasteiger partial charge in [-0.1, -0.05) is 35.9 Å². The van der Waals surface area contributed by atoms with Gasteiger partial charge in [-0.15, -0.1) is 0 Å². The molecule has 0 saturated carbocycles. The van der Waals surface area contributed by atoms with Crippen LogP contribution in [0.3, 0.4) is 0 Å². The summed E-state index contributed by atoms with van der Waals surface area (Å²) in [6.07, 6.45) is 2.91. The SMILES string of the molecule is O=[N+]([O-])c1c(Nc2cccc(Cl)c2)ncnc1Nc1cccc2cccnc12.